The molecule has 1 aromatic carbocycles. The van der Waals surface area contributed by atoms with E-state index in [0.717, 1.165) is 17.2 Å². The van der Waals surface area contributed by atoms with E-state index in [2.05, 4.69) is 5.32 Å². The third-order valence-electron chi connectivity index (χ3n) is 2.81. The Kier molecular flexibility index (Phi) is 4.48. The first-order valence-corrected chi connectivity index (χ1v) is 7.11. The quantitative estimate of drug-likeness (QED) is 0.924. The predicted molar refractivity (Wildman–Crippen MR) is 72.1 cm³/mol. The Morgan fingerprint density at radius 1 is 1.67 bits per heavy atom. The lowest BCUT2D eigenvalue weighted by Gasteiger charge is -2.21. The van der Waals surface area contributed by atoms with Crippen LogP contribution in [0.5, 0.6) is 0 Å². The van der Waals surface area contributed by atoms with Crippen LogP contribution >= 0.6 is 23.4 Å². The number of amides is 1. The van der Waals surface area contributed by atoms with E-state index in [0.29, 0.717) is 11.6 Å². The minimum atomic E-state index is -0.369. The lowest BCUT2D eigenvalue weighted by molar-refractivity contribution is -0.131. The van der Waals surface area contributed by atoms with Crippen LogP contribution in [0.2, 0.25) is 5.02 Å². The van der Waals surface area contributed by atoms with Crippen molar-refractivity contribution in [3.63, 3.8) is 0 Å². The molecule has 0 spiro atoms. The molecule has 1 aromatic rings. The average Bonchev–Trinajstić information content (AvgIpc) is 2.85. The fourth-order valence-electron chi connectivity index (χ4n) is 1.80. The molecule has 1 atom stereocenters. The number of hydrogen-bond acceptors (Lipinski definition) is 3. The summed E-state index contributed by atoms with van der Waals surface area (Å²) < 4.78 is 12.9. The van der Waals surface area contributed by atoms with Gasteiger partial charge in [-0.15, -0.1) is 11.8 Å². The second-order valence-corrected chi connectivity index (χ2v) is 5.64. The standard InChI is InChI=1S/C12H14ClFN2OS/c1-16(12(17)11-6-18-7-15-11)5-8-2-3-9(14)4-10(8)13/h2-4,11,15H,5-7H2,1H3/t11-/m0/s1. The number of likely N-dealkylation sites (N-methyl/N-ethyl adjacent to an activating group) is 1. The number of benzene rings is 1. The second kappa shape index (κ2) is 5.91. The van der Waals surface area contributed by atoms with Crippen molar-refractivity contribution in [2.24, 2.45) is 0 Å². The molecule has 0 aromatic heterocycles. The highest BCUT2D eigenvalue weighted by molar-refractivity contribution is 7.99. The average molecular weight is 289 g/mol. The Bertz CT molecular complexity index is 452. The highest BCUT2D eigenvalue weighted by Crippen LogP contribution is 2.19. The number of nitrogens with zero attached hydrogens (tertiary/aromatic N) is 1. The van der Waals surface area contributed by atoms with E-state index in [-0.39, 0.29) is 17.8 Å². The molecule has 1 aliphatic heterocycles. The largest absolute Gasteiger partial charge is 0.340 e. The van der Waals surface area contributed by atoms with E-state index in [1.165, 1.54) is 12.1 Å². The van der Waals surface area contributed by atoms with Crippen molar-refractivity contribution in [2.75, 3.05) is 18.7 Å². The first-order valence-electron chi connectivity index (χ1n) is 5.58. The number of carbonyl (C=O) groups excluding carboxylic acids is 1. The Hall–Kier alpha value is -0.780. The lowest BCUT2D eigenvalue weighted by atomic mass is 10.2. The zero-order valence-electron chi connectivity index (χ0n) is 9.95. The van der Waals surface area contributed by atoms with Gasteiger partial charge in [0.1, 0.15) is 5.82 Å². The molecule has 6 heteroatoms. The maximum absolute atomic E-state index is 12.9. The molecule has 0 saturated carbocycles. The van der Waals surface area contributed by atoms with Gasteiger partial charge in [-0.3, -0.25) is 10.1 Å². The van der Waals surface area contributed by atoms with Gasteiger partial charge in [-0.25, -0.2) is 4.39 Å². The summed E-state index contributed by atoms with van der Waals surface area (Å²) in [6.45, 7) is 0.390. The van der Waals surface area contributed by atoms with E-state index in [4.69, 9.17) is 11.6 Å². The molecule has 0 aliphatic carbocycles. The fraction of sp³-hybridized carbons (Fsp3) is 0.417. The van der Waals surface area contributed by atoms with Gasteiger partial charge in [0.2, 0.25) is 5.91 Å². The van der Waals surface area contributed by atoms with Gasteiger partial charge in [-0.05, 0) is 17.7 Å². The zero-order valence-corrected chi connectivity index (χ0v) is 11.5. The van der Waals surface area contributed by atoms with Gasteiger partial charge in [0.25, 0.3) is 0 Å². The van der Waals surface area contributed by atoms with E-state index in [1.807, 2.05) is 0 Å². The van der Waals surface area contributed by atoms with Crippen LogP contribution in [0, 0.1) is 5.82 Å². The Morgan fingerprint density at radius 3 is 3.06 bits per heavy atom. The van der Waals surface area contributed by atoms with Crippen LogP contribution in [0.25, 0.3) is 0 Å². The van der Waals surface area contributed by atoms with Crippen LogP contribution in [0.4, 0.5) is 4.39 Å². The predicted octanol–water partition coefficient (Wildman–Crippen LogP) is 2.10. The van der Waals surface area contributed by atoms with Crippen LogP contribution in [-0.4, -0.2) is 35.5 Å². The zero-order chi connectivity index (χ0) is 13.1. The van der Waals surface area contributed by atoms with Crippen molar-refractivity contribution in [3.8, 4) is 0 Å². The molecule has 0 unspecified atom stereocenters. The number of rotatable bonds is 3. The maximum atomic E-state index is 12.9. The number of thioether (sulfide) groups is 1. The first kappa shape index (κ1) is 13.6. The van der Waals surface area contributed by atoms with Crippen molar-refractivity contribution in [1.82, 2.24) is 10.2 Å². The summed E-state index contributed by atoms with van der Waals surface area (Å²) in [5, 5.41) is 3.48. The van der Waals surface area contributed by atoms with Gasteiger partial charge in [-0.1, -0.05) is 17.7 Å². The van der Waals surface area contributed by atoms with Crippen molar-refractivity contribution in [3.05, 3.63) is 34.6 Å². The molecule has 3 nitrogen and oxygen atoms in total. The minimum absolute atomic E-state index is 0.0420. The van der Waals surface area contributed by atoms with Crippen LogP contribution in [0.1, 0.15) is 5.56 Å². The van der Waals surface area contributed by atoms with Gasteiger partial charge >= 0.3 is 0 Å². The molecule has 1 N–H and O–H groups in total. The summed E-state index contributed by atoms with van der Waals surface area (Å²) in [6, 6.07) is 4.10. The maximum Gasteiger partial charge on any atom is 0.240 e. The van der Waals surface area contributed by atoms with E-state index < -0.39 is 0 Å². The minimum Gasteiger partial charge on any atom is -0.340 e. The Morgan fingerprint density at radius 2 is 2.44 bits per heavy atom. The summed E-state index contributed by atoms with van der Waals surface area (Å²) in [6.07, 6.45) is 0. The van der Waals surface area contributed by atoms with E-state index in [9.17, 15) is 9.18 Å². The van der Waals surface area contributed by atoms with Gasteiger partial charge in [0.15, 0.2) is 0 Å². The van der Waals surface area contributed by atoms with E-state index >= 15 is 0 Å². The summed E-state index contributed by atoms with van der Waals surface area (Å²) >= 11 is 7.65. The highest BCUT2D eigenvalue weighted by Gasteiger charge is 2.25. The van der Waals surface area contributed by atoms with E-state index in [1.54, 1.807) is 29.8 Å². The molecule has 0 bridgehead atoms. The van der Waals surface area contributed by atoms with Crippen LogP contribution in [0.3, 0.4) is 0 Å². The molecule has 1 aliphatic rings. The third-order valence-corrected chi connectivity index (χ3v) is 4.10. The van der Waals surface area contributed by atoms with Crippen molar-refractivity contribution >= 4 is 29.3 Å². The topological polar surface area (TPSA) is 32.3 Å². The molecule has 2 rings (SSSR count). The summed E-state index contributed by atoms with van der Waals surface area (Å²) in [5.41, 5.74) is 0.750. The number of carbonyl (C=O) groups is 1. The Labute approximate surface area is 115 Å². The van der Waals surface area contributed by atoms with Crippen molar-refractivity contribution in [2.45, 2.75) is 12.6 Å². The molecule has 1 amide bonds. The third kappa shape index (κ3) is 3.16. The summed E-state index contributed by atoms with van der Waals surface area (Å²) in [4.78, 5) is 13.7. The number of halogens is 2. The SMILES string of the molecule is CN(Cc1ccc(F)cc1Cl)C(=O)[C@@H]1CSCN1. The molecular weight excluding hydrogens is 275 g/mol. The van der Waals surface area contributed by atoms with Crippen LogP contribution in [-0.2, 0) is 11.3 Å². The van der Waals surface area contributed by atoms with Crippen LogP contribution < -0.4 is 5.32 Å². The number of hydrogen-bond donors (Lipinski definition) is 1. The molecule has 1 heterocycles. The smallest absolute Gasteiger partial charge is 0.240 e. The summed E-state index contributed by atoms with van der Waals surface area (Å²) in [7, 11) is 1.73. The van der Waals surface area contributed by atoms with Gasteiger partial charge in [-0.2, -0.15) is 0 Å². The molecular formula is C12H14ClFN2OS. The fourth-order valence-corrected chi connectivity index (χ4v) is 2.96. The highest BCUT2D eigenvalue weighted by atomic mass is 35.5. The normalized spacial score (nSPS) is 18.9. The second-order valence-electron chi connectivity index (χ2n) is 4.20. The van der Waals surface area contributed by atoms with Gasteiger partial charge in [0.05, 0.1) is 6.04 Å². The van der Waals surface area contributed by atoms with Gasteiger partial charge in [0, 0.05) is 30.2 Å². The molecule has 18 heavy (non-hydrogen) atoms. The Balaban J connectivity index is 2.01. The number of nitrogens with one attached hydrogen (secondary N) is 1. The summed E-state index contributed by atoms with van der Waals surface area (Å²) in [5.74, 6) is 1.27. The molecule has 1 saturated heterocycles. The van der Waals surface area contributed by atoms with Crippen molar-refractivity contribution in [1.29, 1.82) is 0 Å². The monoisotopic (exact) mass is 288 g/mol. The van der Waals surface area contributed by atoms with Crippen molar-refractivity contribution < 1.29 is 9.18 Å². The first-order chi connectivity index (χ1) is 8.58. The molecule has 1 fully saturated rings. The van der Waals surface area contributed by atoms with Gasteiger partial charge < -0.3 is 4.90 Å². The van der Waals surface area contributed by atoms with Crippen LogP contribution in [0.15, 0.2) is 18.2 Å². The lowest BCUT2D eigenvalue weighted by Crippen LogP contribution is -2.42. The molecule has 0 radical (unpaired) electrons. The molecule has 98 valence electrons.